The number of rotatable bonds is 2. The van der Waals surface area contributed by atoms with Gasteiger partial charge in [-0.05, 0) is 25.1 Å². The van der Waals surface area contributed by atoms with Crippen LogP contribution in [0.1, 0.15) is 21.9 Å². The molecule has 102 valence electrons. The van der Waals surface area contributed by atoms with E-state index in [0.29, 0.717) is 11.5 Å². The minimum Gasteiger partial charge on any atom is -0.464 e. The number of nitriles is 1. The molecule has 0 saturated carbocycles. The Balaban J connectivity index is 2.69. The van der Waals surface area contributed by atoms with Gasteiger partial charge in [0.05, 0.1) is 18.4 Å². The lowest BCUT2D eigenvalue weighted by atomic mass is 10.2. The van der Waals surface area contributed by atoms with Gasteiger partial charge in [-0.3, -0.25) is 4.57 Å². The van der Waals surface area contributed by atoms with E-state index in [1.165, 1.54) is 23.8 Å². The number of halogens is 1. The number of carbonyl (C=O) groups excluding carboxylic acids is 1. The van der Waals surface area contributed by atoms with Crippen molar-refractivity contribution in [3.8, 4) is 11.8 Å². The fourth-order valence-corrected chi connectivity index (χ4v) is 1.89. The van der Waals surface area contributed by atoms with E-state index in [1.807, 2.05) is 6.07 Å². The predicted molar refractivity (Wildman–Crippen MR) is 68.7 cm³/mol. The summed E-state index contributed by atoms with van der Waals surface area (Å²) in [5.41, 5.74) is 6.27. The van der Waals surface area contributed by atoms with Gasteiger partial charge in [0.25, 0.3) is 0 Å². The Morgan fingerprint density at radius 2 is 2.25 bits per heavy atom. The topological polar surface area (TPSA) is 93.9 Å². The van der Waals surface area contributed by atoms with Crippen molar-refractivity contribution in [1.29, 1.82) is 5.26 Å². The van der Waals surface area contributed by atoms with Crippen LogP contribution in [0.2, 0.25) is 0 Å². The number of aromatic nitrogens is 2. The second-order valence-electron chi connectivity index (χ2n) is 3.99. The fraction of sp³-hybridized carbons (Fsp3) is 0.154. The Morgan fingerprint density at radius 3 is 2.85 bits per heavy atom. The molecule has 0 spiro atoms. The van der Waals surface area contributed by atoms with Crippen molar-refractivity contribution in [2.75, 3.05) is 12.8 Å². The zero-order valence-electron chi connectivity index (χ0n) is 10.8. The standard InChI is InChI=1S/C13H11FN4O2/c1-7-17-11(13(19)20-2)12(16)18(7)10-4-3-9(14)5-8(10)6-15/h3-5H,16H2,1-2H3. The normalized spacial score (nSPS) is 10.1. The number of benzene rings is 1. The number of aryl methyl sites for hydroxylation is 1. The van der Waals surface area contributed by atoms with Crippen LogP contribution in [0.15, 0.2) is 18.2 Å². The fourth-order valence-electron chi connectivity index (χ4n) is 1.89. The van der Waals surface area contributed by atoms with Gasteiger partial charge in [-0.1, -0.05) is 0 Å². The summed E-state index contributed by atoms with van der Waals surface area (Å²) in [6.07, 6.45) is 0. The highest BCUT2D eigenvalue weighted by Crippen LogP contribution is 2.24. The summed E-state index contributed by atoms with van der Waals surface area (Å²) in [6, 6.07) is 5.57. The third kappa shape index (κ3) is 2.07. The van der Waals surface area contributed by atoms with Gasteiger partial charge >= 0.3 is 5.97 Å². The first-order valence-corrected chi connectivity index (χ1v) is 5.62. The van der Waals surface area contributed by atoms with Gasteiger partial charge in [0.1, 0.15) is 23.5 Å². The molecule has 0 unspecified atom stereocenters. The number of methoxy groups -OCH3 is 1. The summed E-state index contributed by atoms with van der Waals surface area (Å²) >= 11 is 0. The number of imidazole rings is 1. The summed E-state index contributed by atoms with van der Waals surface area (Å²) in [6.45, 7) is 1.62. The van der Waals surface area contributed by atoms with Crippen LogP contribution in [-0.4, -0.2) is 22.6 Å². The molecule has 0 saturated heterocycles. The van der Waals surface area contributed by atoms with Gasteiger partial charge in [0.15, 0.2) is 5.69 Å². The van der Waals surface area contributed by atoms with Crippen molar-refractivity contribution in [1.82, 2.24) is 9.55 Å². The number of nitrogens with two attached hydrogens (primary N) is 1. The number of carbonyl (C=O) groups is 1. The molecule has 1 heterocycles. The van der Waals surface area contributed by atoms with Crippen molar-refractivity contribution in [3.63, 3.8) is 0 Å². The lowest BCUT2D eigenvalue weighted by Crippen LogP contribution is -2.08. The van der Waals surface area contributed by atoms with Crippen molar-refractivity contribution in [2.45, 2.75) is 6.92 Å². The van der Waals surface area contributed by atoms with Crippen molar-refractivity contribution in [2.24, 2.45) is 0 Å². The van der Waals surface area contributed by atoms with Crippen molar-refractivity contribution in [3.05, 3.63) is 41.1 Å². The number of ether oxygens (including phenoxy) is 1. The molecule has 0 atom stereocenters. The largest absolute Gasteiger partial charge is 0.464 e. The minimum absolute atomic E-state index is 0.0393. The highest BCUT2D eigenvalue weighted by Gasteiger charge is 2.21. The molecule has 2 N–H and O–H groups in total. The molecule has 0 radical (unpaired) electrons. The smallest absolute Gasteiger partial charge is 0.360 e. The maximum absolute atomic E-state index is 13.2. The van der Waals surface area contributed by atoms with Crippen LogP contribution in [-0.2, 0) is 4.74 Å². The molecule has 6 nitrogen and oxygen atoms in total. The average Bonchev–Trinajstić information content (AvgIpc) is 2.73. The lowest BCUT2D eigenvalue weighted by Gasteiger charge is -2.09. The molecule has 0 aliphatic heterocycles. The van der Waals surface area contributed by atoms with E-state index in [1.54, 1.807) is 6.92 Å². The number of hydrogen-bond acceptors (Lipinski definition) is 5. The first kappa shape index (κ1) is 13.5. The molecular formula is C13H11FN4O2. The number of nitrogen functional groups attached to an aromatic ring is 1. The third-order valence-corrected chi connectivity index (χ3v) is 2.78. The predicted octanol–water partition coefficient (Wildman–Crippen LogP) is 1.56. The van der Waals surface area contributed by atoms with Crippen LogP contribution in [0.4, 0.5) is 10.2 Å². The molecule has 2 rings (SSSR count). The van der Waals surface area contributed by atoms with Crippen LogP contribution in [0.25, 0.3) is 5.69 Å². The van der Waals surface area contributed by atoms with E-state index < -0.39 is 11.8 Å². The summed E-state index contributed by atoms with van der Waals surface area (Å²) in [5.74, 6) is -0.775. The van der Waals surface area contributed by atoms with Gasteiger partial charge in [-0.25, -0.2) is 14.2 Å². The molecule has 1 aromatic heterocycles. The van der Waals surface area contributed by atoms with E-state index in [9.17, 15) is 9.18 Å². The lowest BCUT2D eigenvalue weighted by molar-refractivity contribution is 0.0596. The Morgan fingerprint density at radius 1 is 1.55 bits per heavy atom. The van der Waals surface area contributed by atoms with Crippen LogP contribution >= 0.6 is 0 Å². The van der Waals surface area contributed by atoms with E-state index in [2.05, 4.69) is 9.72 Å². The molecule has 0 bridgehead atoms. The molecule has 0 fully saturated rings. The van der Waals surface area contributed by atoms with E-state index in [0.717, 1.165) is 6.07 Å². The van der Waals surface area contributed by atoms with Crippen LogP contribution in [0.5, 0.6) is 0 Å². The molecule has 0 amide bonds. The van der Waals surface area contributed by atoms with E-state index in [-0.39, 0.29) is 17.1 Å². The molecule has 1 aromatic carbocycles. The highest BCUT2D eigenvalue weighted by molar-refractivity contribution is 5.92. The first-order chi connectivity index (χ1) is 9.49. The molecule has 0 aliphatic carbocycles. The second-order valence-corrected chi connectivity index (χ2v) is 3.99. The second kappa shape index (κ2) is 5.01. The van der Waals surface area contributed by atoms with Crippen molar-refractivity contribution >= 4 is 11.8 Å². The van der Waals surface area contributed by atoms with Crippen molar-refractivity contribution < 1.29 is 13.9 Å². The third-order valence-electron chi connectivity index (χ3n) is 2.78. The SMILES string of the molecule is COC(=O)c1nc(C)n(-c2ccc(F)cc2C#N)c1N. The highest BCUT2D eigenvalue weighted by atomic mass is 19.1. The van der Waals surface area contributed by atoms with Gasteiger partial charge in [-0.2, -0.15) is 5.26 Å². The van der Waals surface area contributed by atoms with Crippen LogP contribution < -0.4 is 5.73 Å². The zero-order valence-corrected chi connectivity index (χ0v) is 10.8. The molecule has 0 aliphatic rings. The van der Waals surface area contributed by atoms with Gasteiger partial charge in [0.2, 0.25) is 0 Å². The number of nitrogens with zero attached hydrogens (tertiary/aromatic N) is 3. The minimum atomic E-state index is -0.676. The summed E-state index contributed by atoms with van der Waals surface area (Å²) in [4.78, 5) is 15.6. The van der Waals surface area contributed by atoms with Crippen LogP contribution in [0.3, 0.4) is 0 Å². The zero-order chi connectivity index (χ0) is 14.9. The van der Waals surface area contributed by atoms with Gasteiger partial charge < -0.3 is 10.5 Å². The first-order valence-electron chi connectivity index (χ1n) is 5.62. The van der Waals surface area contributed by atoms with Gasteiger partial charge in [0, 0.05) is 0 Å². The summed E-state index contributed by atoms with van der Waals surface area (Å²) < 4.78 is 19.1. The maximum atomic E-state index is 13.2. The Hall–Kier alpha value is -2.88. The van der Waals surface area contributed by atoms with E-state index in [4.69, 9.17) is 11.0 Å². The summed E-state index contributed by atoms with van der Waals surface area (Å²) in [7, 11) is 1.22. The molecular weight excluding hydrogens is 263 g/mol. The Bertz CT molecular complexity index is 731. The molecule has 2 aromatic rings. The average molecular weight is 274 g/mol. The number of esters is 1. The van der Waals surface area contributed by atoms with Crippen LogP contribution in [0, 0.1) is 24.1 Å². The Labute approximate surface area is 114 Å². The number of hydrogen-bond donors (Lipinski definition) is 1. The van der Waals surface area contributed by atoms with E-state index >= 15 is 0 Å². The maximum Gasteiger partial charge on any atom is 0.360 e. The summed E-state index contributed by atoms with van der Waals surface area (Å²) in [5, 5.41) is 9.07. The quantitative estimate of drug-likeness (QED) is 0.839. The van der Waals surface area contributed by atoms with Gasteiger partial charge in [-0.15, -0.1) is 0 Å². The Kier molecular flexibility index (Phi) is 3.39. The monoisotopic (exact) mass is 274 g/mol. The molecule has 7 heteroatoms. The number of anilines is 1. The molecule has 20 heavy (non-hydrogen) atoms.